The number of carbonyl (C=O) groups excluding carboxylic acids is 2. The lowest BCUT2D eigenvalue weighted by molar-refractivity contribution is -0.131. The van der Waals surface area contributed by atoms with Crippen molar-refractivity contribution in [3.63, 3.8) is 0 Å². The number of ether oxygens (including phenoxy) is 1. The molecule has 156 valence electrons. The minimum Gasteiger partial charge on any atom is -0.483 e. The molecule has 1 saturated carbocycles. The van der Waals surface area contributed by atoms with Crippen LogP contribution in [0, 0.1) is 11.7 Å². The molecule has 3 heterocycles. The van der Waals surface area contributed by atoms with Crippen LogP contribution in [0.4, 0.5) is 9.52 Å². The highest BCUT2D eigenvalue weighted by atomic mass is 32.1. The van der Waals surface area contributed by atoms with E-state index in [1.807, 2.05) is 24.3 Å². The highest BCUT2D eigenvalue weighted by Gasteiger charge is 2.53. The van der Waals surface area contributed by atoms with Crippen LogP contribution in [0.3, 0.4) is 0 Å². The number of hydrogen-bond donors (Lipinski definition) is 0. The Bertz CT molecular complexity index is 1230. The third-order valence-electron chi connectivity index (χ3n) is 6.45. The molecule has 1 aliphatic carbocycles. The summed E-state index contributed by atoms with van der Waals surface area (Å²) in [5.74, 6) is -1.17. The van der Waals surface area contributed by atoms with Gasteiger partial charge in [0.15, 0.2) is 16.7 Å². The summed E-state index contributed by atoms with van der Waals surface area (Å²) in [4.78, 5) is 33.2. The maximum Gasteiger partial charge on any atom is 0.296 e. The van der Waals surface area contributed by atoms with Gasteiger partial charge in [0.1, 0.15) is 18.0 Å². The van der Waals surface area contributed by atoms with E-state index in [2.05, 4.69) is 4.98 Å². The Kier molecular flexibility index (Phi) is 4.21. The molecule has 2 aliphatic heterocycles. The van der Waals surface area contributed by atoms with E-state index in [1.54, 1.807) is 18.2 Å². The Morgan fingerprint density at radius 1 is 1.03 bits per heavy atom. The summed E-state index contributed by atoms with van der Waals surface area (Å²) in [6.45, 7) is 0. The summed E-state index contributed by atoms with van der Waals surface area (Å²) in [6, 6.07) is 13.0. The van der Waals surface area contributed by atoms with Crippen LogP contribution in [0.1, 0.15) is 37.3 Å². The van der Waals surface area contributed by atoms with Gasteiger partial charge in [0.05, 0.1) is 21.7 Å². The monoisotopic (exact) mass is 434 g/mol. The molecule has 6 rings (SSSR count). The van der Waals surface area contributed by atoms with Crippen molar-refractivity contribution in [2.75, 3.05) is 4.90 Å². The molecule has 3 aromatic rings. The number of anilines is 1. The first-order valence-electron chi connectivity index (χ1n) is 10.5. The predicted molar refractivity (Wildman–Crippen MR) is 115 cm³/mol. The number of benzene rings is 2. The van der Waals surface area contributed by atoms with Gasteiger partial charge in [-0.15, -0.1) is 0 Å². The summed E-state index contributed by atoms with van der Waals surface area (Å²) in [6.07, 6.45) is 3.15. The fraction of sp³-hybridized carbons (Fsp3) is 0.292. The van der Waals surface area contributed by atoms with Crippen molar-refractivity contribution < 1.29 is 18.7 Å². The van der Waals surface area contributed by atoms with E-state index in [9.17, 15) is 14.0 Å². The lowest BCUT2D eigenvalue weighted by Crippen LogP contribution is -2.39. The zero-order chi connectivity index (χ0) is 21.1. The zero-order valence-corrected chi connectivity index (χ0v) is 17.4. The first-order chi connectivity index (χ1) is 15.1. The zero-order valence-electron chi connectivity index (χ0n) is 16.6. The number of nitrogens with zero attached hydrogens (tertiary/aromatic N) is 2. The van der Waals surface area contributed by atoms with Crippen LogP contribution in [0.25, 0.3) is 10.2 Å². The van der Waals surface area contributed by atoms with E-state index in [4.69, 9.17) is 4.74 Å². The second kappa shape index (κ2) is 6.99. The Balaban J connectivity index is 1.54. The van der Waals surface area contributed by atoms with E-state index >= 15 is 0 Å². The van der Waals surface area contributed by atoms with Crippen LogP contribution >= 0.6 is 11.3 Å². The molecule has 1 amide bonds. The number of para-hydroxylation sites is 1. The molecule has 3 unspecified atom stereocenters. The van der Waals surface area contributed by atoms with Crippen LogP contribution < -0.4 is 4.90 Å². The summed E-state index contributed by atoms with van der Waals surface area (Å²) in [5.41, 5.74) is 1.32. The third-order valence-corrected chi connectivity index (χ3v) is 7.49. The number of carbonyl (C=O) groups is 2. The molecule has 0 N–H and O–H groups in total. The number of thiazole rings is 1. The Morgan fingerprint density at radius 3 is 2.65 bits per heavy atom. The van der Waals surface area contributed by atoms with Gasteiger partial charge in [-0.3, -0.25) is 14.5 Å². The maximum absolute atomic E-state index is 15.0. The summed E-state index contributed by atoms with van der Waals surface area (Å²) < 4.78 is 22.0. The smallest absolute Gasteiger partial charge is 0.296 e. The fourth-order valence-electron chi connectivity index (χ4n) is 5.00. The quantitative estimate of drug-likeness (QED) is 0.574. The molecule has 0 spiro atoms. The minimum atomic E-state index is -0.875. The molecule has 0 saturated heterocycles. The van der Waals surface area contributed by atoms with Crippen molar-refractivity contribution in [1.29, 1.82) is 0 Å². The second-order valence-electron chi connectivity index (χ2n) is 8.22. The van der Waals surface area contributed by atoms with Crippen molar-refractivity contribution in [3.05, 3.63) is 71.2 Å². The first-order valence-corrected chi connectivity index (χ1v) is 11.3. The van der Waals surface area contributed by atoms with Crippen LogP contribution in [-0.4, -0.2) is 22.8 Å². The number of Topliss-reactive ketones (excluding diaryl/α,β-unsaturated/α-hetero) is 1. The molecule has 31 heavy (non-hydrogen) atoms. The van der Waals surface area contributed by atoms with Crippen molar-refractivity contribution >= 4 is 38.4 Å². The molecule has 3 atom stereocenters. The largest absolute Gasteiger partial charge is 0.483 e. The van der Waals surface area contributed by atoms with Gasteiger partial charge in [-0.05, 0) is 37.5 Å². The minimum absolute atomic E-state index is 0.0701. The maximum atomic E-state index is 15.0. The SMILES string of the molecule is O=C1C2=C(OC3CCCCC13)C(=O)N(c1nc3ccccc3s1)C2c1ccccc1F. The summed E-state index contributed by atoms with van der Waals surface area (Å²) in [7, 11) is 0. The highest BCUT2D eigenvalue weighted by Crippen LogP contribution is 2.49. The van der Waals surface area contributed by atoms with Gasteiger partial charge in [-0.2, -0.15) is 0 Å². The van der Waals surface area contributed by atoms with Crippen LogP contribution in [0.15, 0.2) is 59.9 Å². The highest BCUT2D eigenvalue weighted by molar-refractivity contribution is 7.22. The number of ketones is 1. The fourth-order valence-corrected chi connectivity index (χ4v) is 5.99. The van der Waals surface area contributed by atoms with Crippen LogP contribution in [0.5, 0.6) is 0 Å². The molecule has 3 aliphatic rings. The number of rotatable bonds is 2. The van der Waals surface area contributed by atoms with Gasteiger partial charge in [0, 0.05) is 5.56 Å². The standard InChI is InChI=1S/C24H19FN2O3S/c25-15-9-3-1-7-13(15)20-19-21(28)14-8-2-5-11-17(14)30-22(19)23(29)27(20)24-26-16-10-4-6-12-18(16)31-24/h1,3-4,6-7,9-10,12,14,17,20H,2,5,8,11H2. The van der Waals surface area contributed by atoms with E-state index in [-0.39, 0.29) is 34.7 Å². The Labute approximate surface area is 182 Å². The van der Waals surface area contributed by atoms with E-state index in [1.165, 1.54) is 22.3 Å². The van der Waals surface area contributed by atoms with Gasteiger partial charge >= 0.3 is 0 Å². The number of fused-ring (bicyclic) bond motifs is 2. The van der Waals surface area contributed by atoms with Gasteiger partial charge < -0.3 is 4.74 Å². The normalized spacial score (nSPS) is 25.6. The Morgan fingerprint density at radius 2 is 1.81 bits per heavy atom. The van der Waals surface area contributed by atoms with Crippen molar-refractivity contribution in [3.8, 4) is 0 Å². The van der Waals surface area contributed by atoms with Crippen molar-refractivity contribution in [2.24, 2.45) is 5.92 Å². The average molecular weight is 434 g/mol. The predicted octanol–water partition coefficient (Wildman–Crippen LogP) is 4.94. The molecule has 0 bridgehead atoms. The molecule has 5 nitrogen and oxygen atoms in total. The van der Waals surface area contributed by atoms with Gasteiger partial charge in [0.2, 0.25) is 0 Å². The van der Waals surface area contributed by atoms with Gasteiger partial charge in [0.25, 0.3) is 5.91 Å². The molecule has 1 fully saturated rings. The van der Waals surface area contributed by atoms with E-state index < -0.39 is 17.8 Å². The lowest BCUT2D eigenvalue weighted by Gasteiger charge is -2.35. The number of aromatic nitrogens is 1. The Hall–Kier alpha value is -3.06. The molecular weight excluding hydrogens is 415 g/mol. The molecule has 2 aromatic carbocycles. The van der Waals surface area contributed by atoms with E-state index in [0.29, 0.717) is 5.13 Å². The van der Waals surface area contributed by atoms with E-state index in [0.717, 1.165) is 35.9 Å². The van der Waals surface area contributed by atoms with Gasteiger partial charge in [-0.1, -0.05) is 48.1 Å². The van der Waals surface area contributed by atoms with Gasteiger partial charge in [-0.25, -0.2) is 9.37 Å². The van der Waals surface area contributed by atoms with Crippen LogP contribution in [-0.2, 0) is 14.3 Å². The number of halogens is 1. The van der Waals surface area contributed by atoms with Crippen molar-refractivity contribution in [1.82, 2.24) is 4.98 Å². The molecular formula is C24H19FN2O3S. The molecule has 7 heteroatoms. The third kappa shape index (κ3) is 2.76. The average Bonchev–Trinajstić information content (AvgIpc) is 3.33. The topological polar surface area (TPSA) is 59.5 Å². The number of amides is 1. The second-order valence-corrected chi connectivity index (χ2v) is 9.23. The first kappa shape index (κ1) is 18.7. The van der Waals surface area contributed by atoms with Crippen LogP contribution in [0.2, 0.25) is 0 Å². The number of hydrogen-bond acceptors (Lipinski definition) is 5. The summed E-state index contributed by atoms with van der Waals surface area (Å²) in [5, 5.41) is 0.438. The summed E-state index contributed by atoms with van der Waals surface area (Å²) >= 11 is 1.35. The lowest BCUT2D eigenvalue weighted by atomic mass is 9.77. The molecule has 1 aromatic heterocycles. The molecule has 0 radical (unpaired) electrons. The van der Waals surface area contributed by atoms with Crippen molar-refractivity contribution in [2.45, 2.75) is 37.8 Å².